The molecule has 1 amide bonds. The van der Waals surface area contributed by atoms with Crippen molar-refractivity contribution in [3.63, 3.8) is 0 Å². The molecule has 134 valence electrons. The predicted octanol–water partition coefficient (Wildman–Crippen LogP) is 3.01. The average molecular weight is 349 g/mol. The number of amides is 1. The highest BCUT2D eigenvalue weighted by atomic mass is 16.3. The maximum Gasteiger partial charge on any atom is 0.253 e. The average Bonchev–Trinajstić information content (AvgIpc) is 2.72. The van der Waals surface area contributed by atoms with E-state index in [1.807, 2.05) is 41.3 Å². The zero-order chi connectivity index (χ0) is 18.4. The lowest BCUT2D eigenvalue weighted by atomic mass is 9.97. The second-order valence-electron chi connectivity index (χ2n) is 6.66. The summed E-state index contributed by atoms with van der Waals surface area (Å²) < 4.78 is 0. The lowest BCUT2D eigenvalue weighted by Crippen LogP contribution is -2.39. The van der Waals surface area contributed by atoms with Gasteiger partial charge in [-0.05, 0) is 54.7 Å². The number of nitrogens with one attached hydrogen (secondary N) is 1. The Morgan fingerprint density at radius 1 is 1.19 bits per heavy atom. The number of piperidine rings is 1. The van der Waals surface area contributed by atoms with E-state index in [1.165, 1.54) is 0 Å². The SMILES string of the molecule is N#Cc1ccc(CNc2cccc(C(=O)N3CCC(CO)CC3)c2)cc1. The zero-order valence-electron chi connectivity index (χ0n) is 14.7. The van der Waals surface area contributed by atoms with Crippen molar-refractivity contribution in [3.8, 4) is 6.07 Å². The molecule has 0 unspecified atom stereocenters. The van der Waals surface area contributed by atoms with Gasteiger partial charge in [-0.1, -0.05) is 18.2 Å². The number of benzene rings is 2. The standard InChI is InChI=1S/C21H23N3O2/c22-13-16-4-6-17(7-5-16)14-23-20-3-1-2-19(12-20)21(26)24-10-8-18(15-25)9-11-24/h1-7,12,18,23,25H,8-11,14-15H2. The number of nitrogens with zero attached hydrogens (tertiary/aromatic N) is 2. The molecule has 1 fully saturated rings. The normalized spacial score (nSPS) is 14.7. The first-order valence-corrected chi connectivity index (χ1v) is 8.92. The fourth-order valence-corrected chi connectivity index (χ4v) is 3.16. The Bertz CT molecular complexity index is 788. The van der Waals surface area contributed by atoms with Gasteiger partial charge >= 0.3 is 0 Å². The Labute approximate surface area is 153 Å². The summed E-state index contributed by atoms with van der Waals surface area (Å²) in [7, 11) is 0. The van der Waals surface area contributed by atoms with Crippen molar-refractivity contribution < 1.29 is 9.90 Å². The third kappa shape index (κ3) is 4.41. The molecule has 0 saturated carbocycles. The number of rotatable bonds is 5. The van der Waals surface area contributed by atoms with E-state index in [0.29, 0.717) is 36.7 Å². The van der Waals surface area contributed by atoms with Crippen molar-refractivity contribution >= 4 is 11.6 Å². The number of hydrogen-bond acceptors (Lipinski definition) is 4. The van der Waals surface area contributed by atoms with Gasteiger partial charge < -0.3 is 15.3 Å². The number of anilines is 1. The zero-order valence-corrected chi connectivity index (χ0v) is 14.7. The van der Waals surface area contributed by atoms with Crippen molar-refractivity contribution in [2.45, 2.75) is 19.4 Å². The maximum atomic E-state index is 12.7. The summed E-state index contributed by atoms with van der Waals surface area (Å²) in [6.07, 6.45) is 1.72. The molecule has 5 nitrogen and oxygen atoms in total. The highest BCUT2D eigenvalue weighted by molar-refractivity contribution is 5.95. The summed E-state index contributed by atoms with van der Waals surface area (Å²) in [4.78, 5) is 14.6. The quantitative estimate of drug-likeness (QED) is 0.870. The van der Waals surface area contributed by atoms with Gasteiger partial charge in [-0.2, -0.15) is 5.26 Å². The molecule has 0 atom stereocenters. The smallest absolute Gasteiger partial charge is 0.253 e. The predicted molar refractivity (Wildman–Crippen MR) is 101 cm³/mol. The Kier molecular flexibility index (Phi) is 5.88. The maximum absolute atomic E-state index is 12.7. The van der Waals surface area contributed by atoms with Crippen LogP contribution < -0.4 is 5.32 Å². The van der Waals surface area contributed by atoms with Gasteiger partial charge in [0.2, 0.25) is 0 Å². The number of aliphatic hydroxyl groups excluding tert-OH is 1. The second-order valence-corrected chi connectivity index (χ2v) is 6.66. The number of carbonyl (C=O) groups excluding carboxylic acids is 1. The van der Waals surface area contributed by atoms with Gasteiger partial charge in [0.05, 0.1) is 11.6 Å². The molecule has 2 N–H and O–H groups in total. The molecule has 0 aromatic heterocycles. The number of aliphatic hydroxyl groups is 1. The van der Waals surface area contributed by atoms with Crippen molar-refractivity contribution in [1.29, 1.82) is 5.26 Å². The third-order valence-corrected chi connectivity index (χ3v) is 4.85. The van der Waals surface area contributed by atoms with Gasteiger partial charge in [0.25, 0.3) is 5.91 Å². The van der Waals surface area contributed by atoms with E-state index in [4.69, 9.17) is 5.26 Å². The van der Waals surface area contributed by atoms with E-state index in [1.54, 1.807) is 12.1 Å². The molecule has 0 bridgehead atoms. The number of nitriles is 1. The van der Waals surface area contributed by atoms with E-state index in [2.05, 4.69) is 11.4 Å². The summed E-state index contributed by atoms with van der Waals surface area (Å²) in [5.74, 6) is 0.364. The molecule has 0 spiro atoms. The molecule has 1 aliphatic rings. The fourth-order valence-electron chi connectivity index (χ4n) is 3.16. The molecule has 2 aromatic carbocycles. The first-order valence-electron chi connectivity index (χ1n) is 8.92. The lowest BCUT2D eigenvalue weighted by molar-refractivity contribution is 0.0651. The van der Waals surface area contributed by atoms with E-state index < -0.39 is 0 Å². The van der Waals surface area contributed by atoms with Crippen molar-refractivity contribution in [3.05, 3.63) is 65.2 Å². The van der Waals surface area contributed by atoms with Gasteiger partial charge in [0.15, 0.2) is 0 Å². The van der Waals surface area contributed by atoms with E-state index >= 15 is 0 Å². The number of hydrogen-bond donors (Lipinski definition) is 2. The van der Waals surface area contributed by atoms with Crippen LogP contribution in [0.4, 0.5) is 5.69 Å². The largest absolute Gasteiger partial charge is 0.396 e. The number of likely N-dealkylation sites (tertiary alicyclic amines) is 1. The molecule has 2 aromatic rings. The third-order valence-electron chi connectivity index (χ3n) is 4.85. The van der Waals surface area contributed by atoms with Gasteiger partial charge in [0, 0.05) is 37.5 Å². The Morgan fingerprint density at radius 2 is 1.92 bits per heavy atom. The molecular formula is C21H23N3O2. The molecule has 3 rings (SSSR count). The van der Waals surface area contributed by atoms with Crippen molar-refractivity contribution in [2.24, 2.45) is 5.92 Å². The van der Waals surface area contributed by atoms with E-state index in [9.17, 15) is 9.90 Å². The molecule has 1 heterocycles. The van der Waals surface area contributed by atoms with Crippen LogP contribution in [-0.2, 0) is 6.54 Å². The summed E-state index contributed by atoms with van der Waals surface area (Å²) in [6, 6.07) is 17.1. The summed E-state index contributed by atoms with van der Waals surface area (Å²) >= 11 is 0. The van der Waals surface area contributed by atoms with Crippen molar-refractivity contribution in [2.75, 3.05) is 25.0 Å². The first-order chi connectivity index (χ1) is 12.7. The highest BCUT2D eigenvalue weighted by Gasteiger charge is 2.23. The minimum absolute atomic E-state index is 0.0448. The molecule has 1 aliphatic heterocycles. The van der Waals surface area contributed by atoms with Crippen LogP contribution in [0, 0.1) is 17.2 Å². The van der Waals surface area contributed by atoms with E-state index in [-0.39, 0.29) is 12.5 Å². The summed E-state index contributed by atoms with van der Waals surface area (Å²) in [6.45, 7) is 2.24. The minimum Gasteiger partial charge on any atom is -0.396 e. The molecule has 0 aliphatic carbocycles. The summed E-state index contributed by atoms with van der Waals surface area (Å²) in [5.41, 5.74) is 3.29. The van der Waals surface area contributed by atoms with Crippen LogP contribution in [-0.4, -0.2) is 35.6 Å². The van der Waals surface area contributed by atoms with Crippen LogP contribution in [0.25, 0.3) is 0 Å². The Balaban J connectivity index is 1.60. The Morgan fingerprint density at radius 3 is 2.58 bits per heavy atom. The number of carbonyl (C=O) groups is 1. The molecule has 26 heavy (non-hydrogen) atoms. The van der Waals surface area contributed by atoms with Crippen LogP contribution in [0.2, 0.25) is 0 Å². The van der Waals surface area contributed by atoms with Crippen molar-refractivity contribution in [1.82, 2.24) is 4.90 Å². The van der Waals surface area contributed by atoms with Crippen LogP contribution in [0.5, 0.6) is 0 Å². The fraction of sp³-hybridized carbons (Fsp3) is 0.333. The molecular weight excluding hydrogens is 326 g/mol. The van der Waals surface area contributed by atoms with Gasteiger partial charge in [0.1, 0.15) is 0 Å². The summed E-state index contributed by atoms with van der Waals surface area (Å²) in [5, 5.41) is 21.4. The minimum atomic E-state index is 0.0448. The van der Waals surface area contributed by atoms with Crippen LogP contribution in [0.15, 0.2) is 48.5 Å². The van der Waals surface area contributed by atoms with Gasteiger partial charge in [-0.3, -0.25) is 4.79 Å². The highest BCUT2D eigenvalue weighted by Crippen LogP contribution is 2.20. The van der Waals surface area contributed by atoms with E-state index in [0.717, 1.165) is 24.1 Å². The van der Waals surface area contributed by atoms with Crippen LogP contribution in [0.3, 0.4) is 0 Å². The first kappa shape index (κ1) is 18.0. The molecule has 0 radical (unpaired) electrons. The van der Waals surface area contributed by atoms with Gasteiger partial charge in [-0.25, -0.2) is 0 Å². The molecule has 1 saturated heterocycles. The second kappa shape index (κ2) is 8.50. The topological polar surface area (TPSA) is 76.4 Å². The van der Waals surface area contributed by atoms with Gasteiger partial charge in [-0.15, -0.1) is 0 Å². The Hall–Kier alpha value is -2.84. The lowest BCUT2D eigenvalue weighted by Gasteiger charge is -2.31. The van der Waals surface area contributed by atoms with Crippen LogP contribution >= 0.6 is 0 Å². The molecule has 5 heteroatoms. The monoisotopic (exact) mass is 349 g/mol. The van der Waals surface area contributed by atoms with Crippen LogP contribution in [0.1, 0.15) is 34.3 Å².